The number of hydrogen-bond donors (Lipinski definition) is 1. The molecular formula is C13H14O4S. The van der Waals surface area contributed by atoms with Crippen LogP contribution in [0.1, 0.15) is 22.8 Å². The molecule has 0 saturated heterocycles. The van der Waals surface area contributed by atoms with Gasteiger partial charge in [0.2, 0.25) is 0 Å². The van der Waals surface area contributed by atoms with Gasteiger partial charge in [-0.05, 0) is 18.2 Å². The van der Waals surface area contributed by atoms with Gasteiger partial charge in [-0.1, -0.05) is 23.9 Å². The van der Waals surface area contributed by atoms with Crippen molar-refractivity contribution in [2.45, 2.75) is 6.92 Å². The van der Waals surface area contributed by atoms with E-state index in [9.17, 15) is 9.59 Å². The Hall–Kier alpha value is -1.75. The Bertz CT molecular complexity index is 480. The van der Waals surface area contributed by atoms with Crippen LogP contribution >= 0.6 is 11.8 Å². The summed E-state index contributed by atoms with van der Waals surface area (Å²) in [7, 11) is 1.53. The topological polar surface area (TPSA) is 63.6 Å². The molecule has 0 spiro atoms. The molecule has 18 heavy (non-hydrogen) atoms. The van der Waals surface area contributed by atoms with E-state index in [0.29, 0.717) is 17.1 Å². The summed E-state index contributed by atoms with van der Waals surface area (Å²) in [5, 5.41) is 8.95. The lowest BCUT2D eigenvalue weighted by Gasteiger charge is -2.05. The maximum absolute atomic E-state index is 10.9. The van der Waals surface area contributed by atoms with Crippen molar-refractivity contribution in [3.63, 3.8) is 0 Å². The van der Waals surface area contributed by atoms with Gasteiger partial charge in [0.25, 0.3) is 0 Å². The maximum Gasteiger partial charge on any atom is 0.335 e. The van der Waals surface area contributed by atoms with Crippen LogP contribution in [0.2, 0.25) is 0 Å². The predicted octanol–water partition coefficient (Wildman–Crippen LogP) is 2.69. The normalized spacial score (nSPS) is 10.6. The first-order valence-electron chi connectivity index (χ1n) is 5.26. The monoisotopic (exact) mass is 266 g/mol. The fourth-order valence-electron chi connectivity index (χ4n) is 1.34. The first-order valence-corrected chi connectivity index (χ1v) is 6.24. The van der Waals surface area contributed by atoms with Gasteiger partial charge in [0.1, 0.15) is 5.75 Å². The molecule has 1 rings (SSSR count). The number of carboxylic acids is 1. The van der Waals surface area contributed by atoms with Crippen molar-refractivity contribution in [2.75, 3.05) is 12.9 Å². The minimum absolute atomic E-state index is 0.0471. The first-order chi connectivity index (χ1) is 8.54. The Morgan fingerprint density at radius 2 is 2.17 bits per heavy atom. The Labute approximate surface area is 110 Å². The highest BCUT2D eigenvalue weighted by atomic mass is 32.2. The van der Waals surface area contributed by atoms with E-state index in [-0.39, 0.29) is 10.7 Å². The molecule has 0 radical (unpaired) electrons. The molecule has 1 aromatic rings. The van der Waals surface area contributed by atoms with Crippen LogP contribution in [0.3, 0.4) is 0 Å². The van der Waals surface area contributed by atoms with E-state index in [1.165, 1.54) is 37.9 Å². The number of methoxy groups -OCH3 is 1. The summed E-state index contributed by atoms with van der Waals surface area (Å²) in [5.41, 5.74) is 0.885. The fraction of sp³-hybridized carbons (Fsp3) is 0.231. The van der Waals surface area contributed by atoms with Crippen molar-refractivity contribution in [2.24, 2.45) is 0 Å². The summed E-state index contributed by atoms with van der Waals surface area (Å²) < 4.78 is 5.14. The van der Waals surface area contributed by atoms with Crippen molar-refractivity contribution in [1.82, 2.24) is 0 Å². The second-order valence-electron chi connectivity index (χ2n) is 3.47. The van der Waals surface area contributed by atoms with Crippen LogP contribution in [-0.4, -0.2) is 29.1 Å². The average molecular weight is 266 g/mol. The van der Waals surface area contributed by atoms with Crippen LogP contribution in [0.5, 0.6) is 5.75 Å². The highest BCUT2D eigenvalue weighted by molar-refractivity contribution is 8.13. The third kappa shape index (κ3) is 4.25. The minimum atomic E-state index is -0.981. The number of rotatable bonds is 5. The lowest BCUT2D eigenvalue weighted by molar-refractivity contribution is -0.109. The van der Waals surface area contributed by atoms with Crippen LogP contribution in [-0.2, 0) is 4.79 Å². The highest BCUT2D eigenvalue weighted by Crippen LogP contribution is 2.21. The highest BCUT2D eigenvalue weighted by Gasteiger charge is 2.06. The molecule has 0 aromatic heterocycles. The summed E-state index contributed by atoms with van der Waals surface area (Å²) in [6.45, 7) is 1.50. The summed E-state index contributed by atoms with van der Waals surface area (Å²) in [6, 6.07) is 4.64. The molecule has 1 aromatic carbocycles. The predicted molar refractivity (Wildman–Crippen MR) is 72.1 cm³/mol. The lowest BCUT2D eigenvalue weighted by Crippen LogP contribution is -1.97. The zero-order valence-corrected chi connectivity index (χ0v) is 11.0. The van der Waals surface area contributed by atoms with E-state index in [1.807, 2.05) is 0 Å². The van der Waals surface area contributed by atoms with Crippen LogP contribution in [0.25, 0.3) is 6.08 Å². The Morgan fingerprint density at radius 1 is 1.44 bits per heavy atom. The molecule has 0 unspecified atom stereocenters. The average Bonchev–Trinajstić information content (AvgIpc) is 2.34. The largest absolute Gasteiger partial charge is 0.496 e. The van der Waals surface area contributed by atoms with Crippen molar-refractivity contribution in [3.05, 3.63) is 35.4 Å². The number of aromatic carboxylic acids is 1. The molecule has 0 aliphatic carbocycles. The van der Waals surface area contributed by atoms with Gasteiger partial charge < -0.3 is 9.84 Å². The number of benzene rings is 1. The molecule has 5 heteroatoms. The molecule has 0 fully saturated rings. The number of thioether (sulfide) groups is 1. The maximum atomic E-state index is 10.9. The van der Waals surface area contributed by atoms with Gasteiger partial charge in [-0.3, -0.25) is 4.79 Å². The number of ether oxygens (including phenoxy) is 1. The molecule has 0 aliphatic heterocycles. The molecule has 0 heterocycles. The fourth-order valence-corrected chi connectivity index (χ4v) is 1.77. The van der Waals surface area contributed by atoms with E-state index in [1.54, 1.807) is 18.2 Å². The third-order valence-corrected chi connectivity index (χ3v) is 2.92. The van der Waals surface area contributed by atoms with E-state index in [4.69, 9.17) is 9.84 Å². The van der Waals surface area contributed by atoms with Gasteiger partial charge in [0.05, 0.1) is 12.7 Å². The molecule has 96 valence electrons. The van der Waals surface area contributed by atoms with Gasteiger partial charge in [0.15, 0.2) is 5.12 Å². The van der Waals surface area contributed by atoms with Gasteiger partial charge >= 0.3 is 5.97 Å². The Balaban J connectivity index is 2.87. The van der Waals surface area contributed by atoms with E-state index >= 15 is 0 Å². The van der Waals surface area contributed by atoms with Crippen molar-refractivity contribution in [1.29, 1.82) is 0 Å². The van der Waals surface area contributed by atoms with E-state index in [2.05, 4.69) is 0 Å². The molecule has 0 atom stereocenters. The summed E-state index contributed by atoms with van der Waals surface area (Å²) in [5.74, 6) is 0.171. The molecule has 1 N–H and O–H groups in total. The number of carbonyl (C=O) groups excluding carboxylic acids is 1. The zero-order chi connectivity index (χ0) is 13.5. The van der Waals surface area contributed by atoms with Crippen molar-refractivity contribution in [3.8, 4) is 5.75 Å². The molecule has 0 amide bonds. The molecule has 0 saturated carbocycles. The molecular weight excluding hydrogens is 252 g/mol. The summed E-state index contributed by atoms with van der Waals surface area (Å²) in [4.78, 5) is 21.6. The van der Waals surface area contributed by atoms with Crippen molar-refractivity contribution >= 4 is 28.9 Å². The summed E-state index contributed by atoms with van der Waals surface area (Å²) in [6.07, 6.45) is 3.55. The molecule has 4 nitrogen and oxygen atoms in total. The zero-order valence-electron chi connectivity index (χ0n) is 10.2. The standard InChI is InChI=1S/C13H14O4S/c1-9(14)18-7-3-4-10-8-11(13(15)16)5-6-12(10)17-2/h3-6,8H,7H2,1-2H3,(H,15,16). The SMILES string of the molecule is COc1ccc(C(=O)O)cc1C=CCSC(C)=O. The van der Waals surface area contributed by atoms with Crippen LogP contribution in [0.4, 0.5) is 0 Å². The second-order valence-corrected chi connectivity index (χ2v) is 4.66. The van der Waals surface area contributed by atoms with Crippen LogP contribution in [0.15, 0.2) is 24.3 Å². The van der Waals surface area contributed by atoms with E-state index in [0.717, 1.165) is 0 Å². The van der Waals surface area contributed by atoms with Gasteiger partial charge in [-0.15, -0.1) is 0 Å². The van der Waals surface area contributed by atoms with Gasteiger partial charge in [-0.25, -0.2) is 4.79 Å². The van der Waals surface area contributed by atoms with Gasteiger partial charge in [0, 0.05) is 18.2 Å². The minimum Gasteiger partial charge on any atom is -0.496 e. The molecule has 0 bridgehead atoms. The summed E-state index contributed by atoms with van der Waals surface area (Å²) >= 11 is 1.19. The quantitative estimate of drug-likeness (QED) is 0.887. The smallest absolute Gasteiger partial charge is 0.335 e. The Morgan fingerprint density at radius 3 is 2.72 bits per heavy atom. The van der Waals surface area contributed by atoms with Crippen LogP contribution < -0.4 is 4.74 Å². The molecule has 0 aliphatic rings. The second kappa shape index (κ2) is 6.86. The first kappa shape index (κ1) is 14.3. The van der Waals surface area contributed by atoms with Gasteiger partial charge in [-0.2, -0.15) is 0 Å². The number of hydrogen-bond acceptors (Lipinski definition) is 4. The number of carboxylic acid groups (broad SMARTS) is 1. The third-order valence-electron chi connectivity index (χ3n) is 2.16. The van der Waals surface area contributed by atoms with Crippen LogP contribution in [0, 0.1) is 0 Å². The number of carbonyl (C=O) groups is 2. The Kier molecular flexibility index (Phi) is 5.45. The van der Waals surface area contributed by atoms with E-state index < -0.39 is 5.97 Å². The van der Waals surface area contributed by atoms with Crippen molar-refractivity contribution < 1.29 is 19.4 Å². The lowest BCUT2D eigenvalue weighted by atomic mass is 10.1.